The van der Waals surface area contributed by atoms with Gasteiger partial charge in [0, 0.05) is 19.5 Å². The third kappa shape index (κ3) is 9.26. The van der Waals surface area contributed by atoms with E-state index in [1.807, 2.05) is 0 Å². The Morgan fingerprint density at radius 1 is 1.24 bits per heavy atom. The number of nitrogens with one attached hydrogen (secondary N) is 2. The van der Waals surface area contributed by atoms with Crippen molar-refractivity contribution in [1.82, 2.24) is 10.6 Å². The normalized spacial score (nSPS) is 9.81. The number of rotatable bonds is 10. The molecule has 6 heteroatoms. The van der Waals surface area contributed by atoms with Crippen LogP contribution >= 0.6 is 12.4 Å². The van der Waals surface area contributed by atoms with E-state index in [-0.39, 0.29) is 29.9 Å². The number of para-hydroxylation sites is 1. The lowest BCUT2D eigenvalue weighted by molar-refractivity contribution is -0.121. The number of halogens is 2. The van der Waals surface area contributed by atoms with E-state index in [0.717, 1.165) is 19.5 Å². The standard InChI is InChI=1S/C15H23FN2O2.ClH/c1-2-9-17-10-11-18-15(19)8-5-12-20-14-7-4-3-6-13(14)16;/h3-4,6-7,17H,2,5,8-12H2,1H3,(H,18,19);1H. The smallest absolute Gasteiger partial charge is 0.220 e. The highest BCUT2D eigenvalue weighted by Crippen LogP contribution is 2.15. The first kappa shape index (κ1) is 19.7. The zero-order valence-corrected chi connectivity index (χ0v) is 13.2. The zero-order valence-electron chi connectivity index (χ0n) is 12.4. The first-order chi connectivity index (χ1) is 9.74. The second-order valence-electron chi connectivity index (χ2n) is 4.48. The van der Waals surface area contributed by atoms with Gasteiger partial charge in [-0.2, -0.15) is 0 Å². The zero-order chi connectivity index (χ0) is 14.6. The summed E-state index contributed by atoms with van der Waals surface area (Å²) in [4.78, 5) is 11.5. The Balaban J connectivity index is 0.00000400. The minimum Gasteiger partial charge on any atom is -0.491 e. The van der Waals surface area contributed by atoms with Crippen LogP contribution in [0.5, 0.6) is 5.75 Å². The topological polar surface area (TPSA) is 50.4 Å². The maximum absolute atomic E-state index is 13.2. The van der Waals surface area contributed by atoms with Crippen molar-refractivity contribution in [3.8, 4) is 5.75 Å². The molecule has 1 aromatic rings. The molecule has 4 nitrogen and oxygen atoms in total. The lowest BCUT2D eigenvalue weighted by Gasteiger charge is -2.08. The first-order valence-corrected chi connectivity index (χ1v) is 7.08. The van der Waals surface area contributed by atoms with E-state index in [4.69, 9.17) is 4.74 Å². The van der Waals surface area contributed by atoms with E-state index in [0.29, 0.717) is 26.0 Å². The van der Waals surface area contributed by atoms with Gasteiger partial charge in [0.2, 0.25) is 5.91 Å². The van der Waals surface area contributed by atoms with Crippen LogP contribution in [0.4, 0.5) is 4.39 Å². The molecule has 1 amide bonds. The van der Waals surface area contributed by atoms with Crippen molar-refractivity contribution in [2.45, 2.75) is 26.2 Å². The number of benzene rings is 1. The van der Waals surface area contributed by atoms with Crippen molar-refractivity contribution < 1.29 is 13.9 Å². The summed E-state index contributed by atoms with van der Waals surface area (Å²) < 4.78 is 18.5. The highest BCUT2D eigenvalue weighted by molar-refractivity contribution is 5.85. The number of carbonyl (C=O) groups excluding carboxylic acids is 1. The minimum absolute atomic E-state index is 0. The Bertz CT molecular complexity index is 405. The van der Waals surface area contributed by atoms with Gasteiger partial charge in [0.15, 0.2) is 11.6 Å². The molecule has 1 aromatic carbocycles. The van der Waals surface area contributed by atoms with Crippen LogP contribution in [0.15, 0.2) is 24.3 Å². The van der Waals surface area contributed by atoms with Crippen LogP contribution in [0.1, 0.15) is 26.2 Å². The summed E-state index contributed by atoms with van der Waals surface area (Å²) in [5.74, 6) is -0.143. The lowest BCUT2D eigenvalue weighted by Crippen LogP contribution is -2.32. The van der Waals surface area contributed by atoms with Gasteiger partial charge in [-0.3, -0.25) is 4.79 Å². The van der Waals surface area contributed by atoms with Gasteiger partial charge in [0.1, 0.15) is 0 Å². The van der Waals surface area contributed by atoms with E-state index in [1.165, 1.54) is 6.07 Å². The van der Waals surface area contributed by atoms with Gasteiger partial charge in [0.05, 0.1) is 6.61 Å². The van der Waals surface area contributed by atoms with Crippen LogP contribution in [0.3, 0.4) is 0 Å². The Morgan fingerprint density at radius 3 is 2.71 bits per heavy atom. The molecule has 0 spiro atoms. The number of hydrogen-bond donors (Lipinski definition) is 2. The summed E-state index contributed by atoms with van der Waals surface area (Å²) in [6.45, 7) is 4.81. The molecule has 0 radical (unpaired) electrons. The third-order valence-corrected chi connectivity index (χ3v) is 2.69. The summed E-state index contributed by atoms with van der Waals surface area (Å²) >= 11 is 0. The monoisotopic (exact) mass is 318 g/mol. The molecule has 2 N–H and O–H groups in total. The number of carbonyl (C=O) groups is 1. The van der Waals surface area contributed by atoms with Crippen LogP contribution in [-0.2, 0) is 4.79 Å². The highest BCUT2D eigenvalue weighted by atomic mass is 35.5. The second kappa shape index (κ2) is 12.4. The molecule has 21 heavy (non-hydrogen) atoms. The van der Waals surface area contributed by atoms with E-state index in [9.17, 15) is 9.18 Å². The van der Waals surface area contributed by atoms with Crippen molar-refractivity contribution in [3.63, 3.8) is 0 Å². The van der Waals surface area contributed by atoms with Crippen molar-refractivity contribution in [3.05, 3.63) is 30.1 Å². The fourth-order valence-corrected chi connectivity index (χ4v) is 1.66. The molecule has 0 aliphatic carbocycles. The van der Waals surface area contributed by atoms with E-state index < -0.39 is 0 Å². The molecule has 120 valence electrons. The van der Waals surface area contributed by atoms with Gasteiger partial charge >= 0.3 is 0 Å². The van der Waals surface area contributed by atoms with Crippen molar-refractivity contribution in [2.75, 3.05) is 26.2 Å². The predicted molar refractivity (Wildman–Crippen MR) is 84.5 cm³/mol. The van der Waals surface area contributed by atoms with Crippen LogP contribution in [-0.4, -0.2) is 32.1 Å². The fraction of sp³-hybridized carbons (Fsp3) is 0.533. The largest absolute Gasteiger partial charge is 0.491 e. The van der Waals surface area contributed by atoms with Crippen molar-refractivity contribution >= 4 is 18.3 Å². The summed E-state index contributed by atoms with van der Waals surface area (Å²) in [5.41, 5.74) is 0. The SMILES string of the molecule is CCCNCCNC(=O)CCCOc1ccccc1F.Cl. The minimum atomic E-state index is -0.376. The Hall–Kier alpha value is -1.33. The van der Waals surface area contributed by atoms with Crippen LogP contribution in [0, 0.1) is 5.82 Å². The van der Waals surface area contributed by atoms with Crippen molar-refractivity contribution in [1.29, 1.82) is 0 Å². The molecule has 0 heterocycles. The van der Waals surface area contributed by atoms with Crippen molar-refractivity contribution in [2.24, 2.45) is 0 Å². The maximum atomic E-state index is 13.2. The predicted octanol–water partition coefficient (Wildman–Crippen LogP) is 2.52. The molecule has 0 bridgehead atoms. The van der Waals surface area contributed by atoms with Gasteiger partial charge in [0.25, 0.3) is 0 Å². The number of ether oxygens (including phenoxy) is 1. The molecule has 0 saturated carbocycles. The van der Waals surface area contributed by atoms with Gasteiger partial charge < -0.3 is 15.4 Å². The fourth-order valence-electron chi connectivity index (χ4n) is 1.66. The summed E-state index contributed by atoms with van der Waals surface area (Å²) in [5, 5.41) is 6.02. The van der Waals surface area contributed by atoms with Gasteiger partial charge in [-0.15, -0.1) is 12.4 Å². The first-order valence-electron chi connectivity index (χ1n) is 7.08. The molecule has 0 aliphatic heterocycles. The van der Waals surface area contributed by atoms with E-state index in [2.05, 4.69) is 17.6 Å². The molecule has 1 rings (SSSR count). The number of hydrogen-bond acceptors (Lipinski definition) is 3. The molecule has 0 fully saturated rings. The van der Waals surface area contributed by atoms with Gasteiger partial charge in [-0.05, 0) is 31.5 Å². The van der Waals surface area contributed by atoms with Crippen LogP contribution in [0.25, 0.3) is 0 Å². The second-order valence-corrected chi connectivity index (χ2v) is 4.48. The maximum Gasteiger partial charge on any atom is 0.220 e. The Kier molecular flexibility index (Phi) is 11.6. The Morgan fingerprint density at radius 2 is 2.00 bits per heavy atom. The van der Waals surface area contributed by atoms with Crippen LogP contribution < -0.4 is 15.4 Å². The van der Waals surface area contributed by atoms with E-state index >= 15 is 0 Å². The quantitative estimate of drug-likeness (QED) is 0.652. The molecule has 0 aliphatic rings. The third-order valence-electron chi connectivity index (χ3n) is 2.69. The van der Waals surface area contributed by atoms with Gasteiger partial charge in [-0.25, -0.2) is 4.39 Å². The molecular weight excluding hydrogens is 295 g/mol. The average molecular weight is 319 g/mol. The number of amides is 1. The molecule has 0 atom stereocenters. The molecule has 0 unspecified atom stereocenters. The van der Waals surface area contributed by atoms with Gasteiger partial charge in [-0.1, -0.05) is 19.1 Å². The molecule has 0 saturated heterocycles. The molecule has 0 aromatic heterocycles. The summed E-state index contributed by atoms with van der Waals surface area (Å²) in [6.07, 6.45) is 2.05. The lowest BCUT2D eigenvalue weighted by atomic mass is 10.3. The van der Waals surface area contributed by atoms with Crippen LogP contribution in [0.2, 0.25) is 0 Å². The summed E-state index contributed by atoms with van der Waals surface area (Å²) in [6, 6.07) is 6.26. The average Bonchev–Trinajstić information content (AvgIpc) is 2.45. The summed E-state index contributed by atoms with van der Waals surface area (Å²) in [7, 11) is 0. The Labute approximate surface area is 131 Å². The van der Waals surface area contributed by atoms with E-state index in [1.54, 1.807) is 18.2 Å². The molecular formula is C15H24ClFN2O2. The highest BCUT2D eigenvalue weighted by Gasteiger charge is 2.03.